The van der Waals surface area contributed by atoms with Gasteiger partial charge in [0.05, 0.1) is 10.5 Å². The van der Waals surface area contributed by atoms with Gasteiger partial charge in [-0.3, -0.25) is 14.9 Å². The summed E-state index contributed by atoms with van der Waals surface area (Å²) in [4.78, 5) is 34.1. The second kappa shape index (κ2) is 7.85. The third-order valence-corrected chi connectivity index (χ3v) is 3.45. The number of carbonyl (C=O) groups excluding carboxylic acids is 2. The van der Waals surface area contributed by atoms with Crippen LogP contribution in [-0.4, -0.2) is 23.4 Å². The van der Waals surface area contributed by atoms with Gasteiger partial charge in [-0.25, -0.2) is 4.79 Å². The highest BCUT2D eigenvalue weighted by Crippen LogP contribution is 2.30. The van der Waals surface area contributed by atoms with Gasteiger partial charge in [-0.2, -0.15) is 13.2 Å². The van der Waals surface area contributed by atoms with E-state index in [1.54, 1.807) is 0 Å². The molecule has 0 heterocycles. The van der Waals surface area contributed by atoms with Crippen LogP contribution in [0.4, 0.5) is 24.5 Å². The molecule has 2 aromatic carbocycles. The quantitative estimate of drug-likeness (QED) is 0.483. The van der Waals surface area contributed by atoms with Crippen molar-refractivity contribution in [2.45, 2.75) is 13.1 Å². The van der Waals surface area contributed by atoms with Gasteiger partial charge in [0.1, 0.15) is 5.56 Å². The molecular formula is C17H13F3N2O5. The normalized spacial score (nSPS) is 11.0. The molecule has 0 radical (unpaired) electrons. The van der Waals surface area contributed by atoms with E-state index >= 15 is 0 Å². The Morgan fingerprint density at radius 1 is 1.19 bits per heavy atom. The summed E-state index contributed by atoms with van der Waals surface area (Å²) in [5.41, 5.74) is -1.62. The van der Waals surface area contributed by atoms with E-state index in [0.29, 0.717) is 0 Å². The first-order valence-corrected chi connectivity index (χ1v) is 7.48. The monoisotopic (exact) mass is 382 g/mol. The molecular weight excluding hydrogens is 369 g/mol. The second-order valence-electron chi connectivity index (χ2n) is 5.43. The fourth-order valence-corrected chi connectivity index (χ4v) is 2.25. The van der Waals surface area contributed by atoms with Crippen molar-refractivity contribution >= 4 is 23.3 Å². The van der Waals surface area contributed by atoms with Crippen molar-refractivity contribution < 1.29 is 32.4 Å². The predicted octanol–water partition coefficient (Wildman–Crippen LogP) is 3.72. The minimum Gasteiger partial charge on any atom is -0.452 e. The number of anilines is 1. The summed E-state index contributed by atoms with van der Waals surface area (Å²) in [5, 5.41) is 13.2. The second-order valence-corrected chi connectivity index (χ2v) is 5.43. The fourth-order valence-electron chi connectivity index (χ4n) is 2.25. The van der Waals surface area contributed by atoms with Gasteiger partial charge in [0.15, 0.2) is 6.61 Å². The first-order chi connectivity index (χ1) is 12.6. The summed E-state index contributed by atoms with van der Waals surface area (Å²) >= 11 is 0. The number of nitrogens with zero attached hydrogens (tertiary/aromatic N) is 1. The Morgan fingerprint density at radius 2 is 1.85 bits per heavy atom. The third kappa shape index (κ3) is 5.03. The number of amides is 1. The van der Waals surface area contributed by atoms with Crippen LogP contribution in [-0.2, 0) is 15.7 Å². The number of nitro benzene ring substituents is 1. The molecule has 0 fully saturated rings. The van der Waals surface area contributed by atoms with Gasteiger partial charge >= 0.3 is 12.1 Å². The number of alkyl halides is 3. The molecule has 1 amide bonds. The number of hydrogen-bond donors (Lipinski definition) is 1. The molecule has 10 heteroatoms. The Labute approximate surface area is 150 Å². The lowest BCUT2D eigenvalue weighted by atomic mass is 10.1. The molecule has 0 bridgehead atoms. The molecule has 0 saturated carbocycles. The first-order valence-electron chi connectivity index (χ1n) is 7.48. The van der Waals surface area contributed by atoms with Crippen LogP contribution in [0.25, 0.3) is 0 Å². The van der Waals surface area contributed by atoms with Crippen molar-refractivity contribution in [3.8, 4) is 0 Å². The van der Waals surface area contributed by atoms with Gasteiger partial charge < -0.3 is 10.1 Å². The van der Waals surface area contributed by atoms with Gasteiger partial charge in [-0.15, -0.1) is 0 Å². The lowest BCUT2D eigenvalue weighted by Crippen LogP contribution is -2.21. The highest BCUT2D eigenvalue weighted by atomic mass is 19.4. The highest BCUT2D eigenvalue weighted by molar-refractivity contribution is 5.97. The Hall–Kier alpha value is -3.43. The maximum Gasteiger partial charge on any atom is 0.416 e. The van der Waals surface area contributed by atoms with Crippen LogP contribution in [0.3, 0.4) is 0 Å². The number of hydrogen-bond acceptors (Lipinski definition) is 5. The molecule has 0 aliphatic carbocycles. The largest absolute Gasteiger partial charge is 0.452 e. The summed E-state index contributed by atoms with van der Waals surface area (Å²) in [6.07, 6.45) is -4.57. The standard InChI is InChI=1S/C17H13F3N2O5/c1-10-4-2-7-13(15(10)22(25)26)16(24)27-9-14(23)21-12-6-3-5-11(8-12)17(18,19)20/h2-8H,9H2,1H3,(H,21,23). The molecule has 0 atom stereocenters. The molecule has 7 nitrogen and oxygen atoms in total. The van der Waals surface area contributed by atoms with Crippen LogP contribution in [0.5, 0.6) is 0 Å². The molecule has 0 aliphatic rings. The summed E-state index contributed by atoms with van der Waals surface area (Å²) in [7, 11) is 0. The number of nitrogens with one attached hydrogen (secondary N) is 1. The summed E-state index contributed by atoms with van der Waals surface area (Å²) < 4.78 is 42.7. The minimum atomic E-state index is -4.57. The van der Waals surface area contributed by atoms with E-state index in [0.717, 1.165) is 18.2 Å². The van der Waals surface area contributed by atoms with Crippen LogP contribution in [0.1, 0.15) is 21.5 Å². The van der Waals surface area contributed by atoms with Gasteiger partial charge in [0.25, 0.3) is 11.6 Å². The average molecular weight is 382 g/mol. The maximum atomic E-state index is 12.6. The number of ether oxygens (including phenoxy) is 1. The number of aryl methyl sites for hydroxylation is 1. The predicted molar refractivity (Wildman–Crippen MR) is 88.2 cm³/mol. The zero-order valence-corrected chi connectivity index (χ0v) is 13.9. The van der Waals surface area contributed by atoms with Crippen molar-refractivity contribution in [1.29, 1.82) is 0 Å². The van der Waals surface area contributed by atoms with Crippen LogP contribution in [0.15, 0.2) is 42.5 Å². The number of esters is 1. The van der Waals surface area contributed by atoms with Gasteiger partial charge in [-0.1, -0.05) is 18.2 Å². The molecule has 0 aromatic heterocycles. The molecule has 1 N–H and O–H groups in total. The van der Waals surface area contributed by atoms with E-state index < -0.39 is 40.8 Å². The molecule has 142 valence electrons. The summed E-state index contributed by atoms with van der Waals surface area (Å²) in [6, 6.07) is 7.95. The van der Waals surface area contributed by atoms with E-state index in [4.69, 9.17) is 4.74 Å². The zero-order valence-electron chi connectivity index (χ0n) is 13.9. The lowest BCUT2D eigenvalue weighted by Gasteiger charge is -2.10. The van der Waals surface area contributed by atoms with Crippen LogP contribution in [0, 0.1) is 17.0 Å². The molecule has 0 spiro atoms. The SMILES string of the molecule is Cc1cccc(C(=O)OCC(=O)Nc2cccc(C(F)(F)F)c2)c1[N+](=O)[O-]. The van der Waals surface area contributed by atoms with E-state index in [1.807, 2.05) is 0 Å². The first kappa shape index (κ1) is 19.9. The number of halogens is 3. The van der Waals surface area contributed by atoms with E-state index in [9.17, 15) is 32.9 Å². The number of nitro groups is 1. The summed E-state index contributed by atoms with van der Waals surface area (Å²) in [6.45, 7) is 0.620. The van der Waals surface area contributed by atoms with Crippen molar-refractivity contribution in [3.05, 3.63) is 69.3 Å². The van der Waals surface area contributed by atoms with E-state index in [2.05, 4.69) is 5.32 Å². The zero-order chi connectivity index (χ0) is 20.2. The van der Waals surface area contributed by atoms with Gasteiger partial charge in [-0.05, 0) is 31.2 Å². The molecule has 0 aliphatic heterocycles. The molecule has 27 heavy (non-hydrogen) atoms. The number of rotatable bonds is 5. The Kier molecular flexibility index (Phi) is 5.78. The molecule has 2 rings (SSSR count). The van der Waals surface area contributed by atoms with Crippen LogP contribution < -0.4 is 5.32 Å². The number of carbonyl (C=O) groups is 2. The lowest BCUT2D eigenvalue weighted by molar-refractivity contribution is -0.385. The minimum absolute atomic E-state index is 0.132. The third-order valence-electron chi connectivity index (χ3n) is 3.45. The fraction of sp³-hybridized carbons (Fsp3) is 0.176. The van der Waals surface area contributed by atoms with Crippen molar-refractivity contribution in [2.75, 3.05) is 11.9 Å². The Morgan fingerprint density at radius 3 is 2.48 bits per heavy atom. The summed E-state index contributed by atoms with van der Waals surface area (Å²) in [5.74, 6) is -1.98. The average Bonchev–Trinajstić information content (AvgIpc) is 2.58. The van der Waals surface area contributed by atoms with Crippen molar-refractivity contribution in [2.24, 2.45) is 0 Å². The molecule has 0 saturated heterocycles. The van der Waals surface area contributed by atoms with Gasteiger partial charge in [0, 0.05) is 11.3 Å². The van der Waals surface area contributed by atoms with Crippen molar-refractivity contribution in [3.63, 3.8) is 0 Å². The van der Waals surface area contributed by atoms with E-state index in [1.165, 1.54) is 31.2 Å². The maximum absolute atomic E-state index is 12.6. The van der Waals surface area contributed by atoms with Crippen LogP contribution in [0.2, 0.25) is 0 Å². The Bertz CT molecular complexity index is 896. The number of benzene rings is 2. The topological polar surface area (TPSA) is 98.5 Å². The van der Waals surface area contributed by atoms with Gasteiger partial charge in [0.2, 0.25) is 0 Å². The number of para-hydroxylation sites is 1. The molecule has 0 unspecified atom stereocenters. The van der Waals surface area contributed by atoms with Crippen LogP contribution >= 0.6 is 0 Å². The molecule has 2 aromatic rings. The Balaban J connectivity index is 2.04. The van der Waals surface area contributed by atoms with Crippen molar-refractivity contribution in [1.82, 2.24) is 0 Å². The van der Waals surface area contributed by atoms with E-state index in [-0.39, 0.29) is 16.8 Å². The smallest absolute Gasteiger partial charge is 0.416 e. The highest BCUT2D eigenvalue weighted by Gasteiger charge is 2.30.